The zero-order chi connectivity index (χ0) is 29.7. The smallest absolute Gasteiger partial charge is 0.410 e. The minimum absolute atomic E-state index is 0.0866. The maximum atomic E-state index is 12.6. The lowest BCUT2D eigenvalue weighted by atomic mass is 9.99. The van der Waals surface area contributed by atoms with E-state index in [1.165, 1.54) is 25.6 Å². The molecule has 41 heavy (non-hydrogen) atoms. The molecule has 0 atom stereocenters. The molecule has 2 aromatic heterocycles. The van der Waals surface area contributed by atoms with Crippen molar-refractivity contribution in [2.45, 2.75) is 45.8 Å². The van der Waals surface area contributed by atoms with Crippen molar-refractivity contribution in [3.05, 3.63) is 58.1 Å². The van der Waals surface area contributed by atoms with Gasteiger partial charge in [0.2, 0.25) is 16.8 Å². The van der Waals surface area contributed by atoms with Crippen molar-refractivity contribution in [1.82, 2.24) is 24.8 Å². The third-order valence-electron chi connectivity index (χ3n) is 6.13. The largest absolute Gasteiger partial charge is 0.444 e. The van der Waals surface area contributed by atoms with E-state index in [1.807, 2.05) is 32.9 Å². The molecule has 0 saturated carbocycles. The molecule has 4 rings (SSSR count). The standard InChI is InChI=1S/C26H30ClN9O4S/c1-26(2,3)40-25(37)36-9-5-16-11-18(13-28)20(12-17(16)6-10-36)33-24-32-14-19(27)22(34-24)31-15-21-23(30-8-7-29-21)35(4)41(38)39/h7-8,11-12,14,41H,5-6,9-10,15H2,1-4H3,(H2,31,32,33,34). The quantitative estimate of drug-likeness (QED) is 0.340. The second-order valence-electron chi connectivity index (χ2n) is 10.2. The molecule has 0 aliphatic carbocycles. The van der Waals surface area contributed by atoms with E-state index in [4.69, 9.17) is 16.3 Å². The first-order chi connectivity index (χ1) is 19.4. The summed E-state index contributed by atoms with van der Waals surface area (Å²) in [5.41, 5.74) is 2.70. The van der Waals surface area contributed by atoms with E-state index in [1.54, 1.807) is 4.90 Å². The molecular formula is C26H30ClN9O4S. The number of fused-ring (bicyclic) bond motifs is 1. The van der Waals surface area contributed by atoms with Gasteiger partial charge in [0, 0.05) is 32.5 Å². The molecule has 1 aromatic carbocycles. The summed E-state index contributed by atoms with van der Waals surface area (Å²) >= 11 is 6.32. The molecule has 1 amide bonds. The number of carbonyl (C=O) groups is 1. The summed E-state index contributed by atoms with van der Waals surface area (Å²) in [6, 6.07) is 5.91. The highest BCUT2D eigenvalue weighted by Gasteiger charge is 2.25. The number of nitrogens with one attached hydrogen (secondary N) is 2. The van der Waals surface area contributed by atoms with Gasteiger partial charge in [0.1, 0.15) is 22.4 Å². The van der Waals surface area contributed by atoms with Crippen LogP contribution in [0.15, 0.2) is 30.7 Å². The number of nitriles is 1. The summed E-state index contributed by atoms with van der Waals surface area (Å²) in [5.74, 6) is 0.640. The van der Waals surface area contributed by atoms with Gasteiger partial charge in [-0.3, -0.25) is 9.29 Å². The Bertz CT molecular complexity index is 1560. The molecule has 3 heterocycles. The SMILES string of the molecule is CN(c1nccnc1CNc1nc(Nc2cc3c(cc2C#N)CCN(C(=O)OC(C)(C)C)CC3)ncc1Cl)[SH](=O)=O. The Morgan fingerprint density at radius 1 is 1.17 bits per heavy atom. The predicted octanol–water partition coefficient (Wildman–Crippen LogP) is 3.45. The van der Waals surface area contributed by atoms with E-state index in [2.05, 4.69) is 36.6 Å². The highest BCUT2D eigenvalue weighted by molar-refractivity contribution is 7.74. The molecule has 15 heteroatoms. The maximum absolute atomic E-state index is 12.6. The third-order valence-corrected chi connectivity index (χ3v) is 7.09. The fourth-order valence-corrected chi connectivity index (χ4v) is 4.63. The van der Waals surface area contributed by atoms with Gasteiger partial charge in [0.05, 0.1) is 24.0 Å². The van der Waals surface area contributed by atoms with Crippen LogP contribution >= 0.6 is 11.6 Å². The molecule has 2 N–H and O–H groups in total. The van der Waals surface area contributed by atoms with Crippen molar-refractivity contribution in [2.75, 3.05) is 35.1 Å². The average Bonchev–Trinajstić information content (AvgIpc) is 3.14. The second-order valence-corrected chi connectivity index (χ2v) is 11.7. The molecule has 216 valence electrons. The van der Waals surface area contributed by atoms with Crippen LogP contribution in [-0.2, 0) is 35.0 Å². The topological polar surface area (TPSA) is 166 Å². The molecule has 0 saturated heterocycles. The first-order valence-corrected chi connectivity index (χ1v) is 14.2. The van der Waals surface area contributed by atoms with Gasteiger partial charge in [-0.2, -0.15) is 10.2 Å². The number of hydrogen-bond acceptors (Lipinski definition) is 11. The average molecular weight is 600 g/mol. The number of aromatic nitrogens is 4. The lowest BCUT2D eigenvalue weighted by molar-refractivity contribution is 0.0258. The van der Waals surface area contributed by atoms with Crippen LogP contribution in [-0.4, -0.2) is 65.1 Å². The summed E-state index contributed by atoms with van der Waals surface area (Å²) in [4.78, 5) is 31.3. The highest BCUT2D eigenvalue weighted by atomic mass is 35.5. The van der Waals surface area contributed by atoms with Crippen molar-refractivity contribution in [3.63, 3.8) is 0 Å². The summed E-state index contributed by atoms with van der Waals surface area (Å²) in [7, 11) is -1.52. The number of ether oxygens (including phenoxy) is 1. The van der Waals surface area contributed by atoms with Crippen molar-refractivity contribution >= 4 is 51.9 Å². The van der Waals surface area contributed by atoms with E-state index in [0.717, 1.165) is 15.4 Å². The minimum atomic E-state index is -2.89. The van der Waals surface area contributed by atoms with Crippen molar-refractivity contribution < 1.29 is 17.9 Å². The number of hydrogen-bond donors (Lipinski definition) is 3. The molecule has 0 radical (unpaired) electrons. The van der Waals surface area contributed by atoms with Crippen molar-refractivity contribution in [1.29, 1.82) is 5.26 Å². The normalized spacial score (nSPS) is 13.1. The van der Waals surface area contributed by atoms with Gasteiger partial charge in [-0.05, 0) is 56.9 Å². The predicted molar refractivity (Wildman–Crippen MR) is 155 cm³/mol. The molecular weight excluding hydrogens is 570 g/mol. The van der Waals surface area contributed by atoms with Gasteiger partial charge < -0.3 is 20.3 Å². The van der Waals surface area contributed by atoms with Gasteiger partial charge in [0.25, 0.3) is 0 Å². The van der Waals surface area contributed by atoms with Crippen LogP contribution in [0.2, 0.25) is 5.02 Å². The van der Waals surface area contributed by atoms with Crippen LogP contribution < -0.4 is 14.9 Å². The molecule has 1 aliphatic heterocycles. The number of rotatable bonds is 7. The summed E-state index contributed by atoms with van der Waals surface area (Å²) in [5, 5.41) is 16.2. The number of halogens is 1. The van der Waals surface area contributed by atoms with Crippen LogP contribution in [0.3, 0.4) is 0 Å². The van der Waals surface area contributed by atoms with Crippen molar-refractivity contribution in [3.8, 4) is 6.07 Å². The second kappa shape index (κ2) is 12.5. The molecule has 0 spiro atoms. The monoisotopic (exact) mass is 599 g/mol. The lowest BCUT2D eigenvalue weighted by Crippen LogP contribution is -2.38. The Kier molecular flexibility index (Phi) is 9.09. The van der Waals surface area contributed by atoms with Gasteiger partial charge in [-0.25, -0.2) is 23.2 Å². The molecule has 3 aromatic rings. The van der Waals surface area contributed by atoms with E-state index >= 15 is 0 Å². The zero-order valence-electron chi connectivity index (χ0n) is 23.0. The fourth-order valence-electron chi connectivity index (χ4n) is 4.15. The highest BCUT2D eigenvalue weighted by Crippen LogP contribution is 2.28. The van der Waals surface area contributed by atoms with Gasteiger partial charge in [-0.15, -0.1) is 0 Å². The fraction of sp³-hybridized carbons (Fsp3) is 0.385. The lowest BCUT2D eigenvalue weighted by Gasteiger charge is -2.26. The van der Waals surface area contributed by atoms with Crippen LogP contribution in [0.5, 0.6) is 0 Å². The number of nitrogens with zero attached hydrogens (tertiary/aromatic N) is 7. The molecule has 1 aliphatic rings. The van der Waals surface area contributed by atoms with Crippen LogP contribution in [0, 0.1) is 11.3 Å². The molecule has 0 fully saturated rings. The van der Waals surface area contributed by atoms with Crippen LogP contribution in [0.1, 0.15) is 43.2 Å². The first-order valence-electron chi connectivity index (χ1n) is 12.7. The van der Waals surface area contributed by atoms with Gasteiger partial charge >= 0.3 is 6.09 Å². The number of anilines is 4. The third kappa shape index (κ3) is 7.50. The van der Waals surface area contributed by atoms with E-state index in [9.17, 15) is 18.5 Å². The summed E-state index contributed by atoms with van der Waals surface area (Å²) in [6.07, 6.45) is 5.08. The Hall–Kier alpha value is -4.22. The minimum Gasteiger partial charge on any atom is -0.444 e. The Morgan fingerprint density at radius 3 is 2.51 bits per heavy atom. The Balaban J connectivity index is 1.52. The van der Waals surface area contributed by atoms with Gasteiger partial charge in [0.15, 0.2) is 11.6 Å². The summed E-state index contributed by atoms with van der Waals surface area (Å²) < 4.78 is 29.4. The van der Waals surface area contributed by atoms with E-state index in [-0.39, 0.29) is 35.2 Å². The van der Waals surface area contributed by atoms with E-state index in [0.29, 0.717) is 42.9 Å². The Morgan fingerprint density at radius 2 is 1.85 bits per heavy atom. The number of amides is 1. The van der Waals surface area contributed by atoms with Crippen LogP contribution in [0.25, 0.3) is 0 Å². The maximum Gasteiger partial charge on any atom is 0.410 e. The first kappa shape index (κ1) is 29.8. The van der Waals surface area contributed by atoms with Crippen LogP contribution in [0.4, 0.5) is 28.1 Å². The number of thiol groups is 1. The molecule has 13 nitrogen and oxygen atoms in total. The number of carbonyl (C=O) groups excluding carboxylic acids is 1. The zero-order valence-corrected chi connectivity index (χ0v) is 24.7. The van der Waals surface area contributed by atoms with E-state index < -0.39 is 16.5 Å². The Labute approximate surface area is 244 Å². The summed E-state index contributed by atoms with van der Waals surface area (Å²) in [6.45, 7) is 6.56. The van der Waals surface area contributed by atoms with Gasteiger partial charge in [-0.1, -0.05) is 11.6 Å². The number of benzene rings is 1. The molecule has 0 unspecified atom stereocenters. The molecule has 0 bridgehead atoms. The van der Waals surface area contributed by atoms with Crippen molar-refractivity contribution in [2.24, 2.45) is 0 Å².